The second-order valence-corrected chi connectivity index (χ2v) is 6.71. The summed E-state index contributed by atoms with van der Waals surface area (Å²) in [4.78, 5) is 36.6. The zero-order valence-corrected chi connectivity index (χ0v) is 17.3. The molecule has 0 spiro atoms. The fourth-order valence-corrected chi connectivity index (χ4v) is 2.68. The molecule has 0 aliphatic rings. The molecule has 6 heteroatoms. The summed E-state index contributed by atoms with van der Waals surface area (Å²) in [6.07, 6.45) is 1.57. The van der Waals surface area contributed by atoms with Crippen LogP contribution in [-0.4, -0.2) is 37.7 Å². The van der Waals surface area contributed by atoms with Crippen molar-refractivity contribution in [1.82, 2.24) is 0 Å². The highest BCUT2D eigenvalue weighted by Gasteiger charge is 2.12. The van der Waals surface area contributed by atoms with Crippen LogP contribution in [0.5, 0.6) is 0 Å². The van der Waals surface area contributed by atoms with Gasteiger partial charge in [-0.15, -0.1) is 0 Å². The first kappa shape index (κ1) is 22.5. The van der Waals surface area contributed by atoms with Crippen molar-refractivity contribution in [3.63, 3.8) is 0 Å². The van der Waals surface area contributed by atoms with Crippen LogP contribution in [0, 0.1) is 0 Å². The van der Waals surface area contributed by atoms with E-state index in [1.54, 1.807) is 97.1 Å². The molecule has 0 saturated carbocycles. The van der Waals surface area contributed by atoms with E-state index in [4.69, 9.17) is 14.2 Å². The number of carbonyl (C=O) groups is 3. The van der Waals surface area contributed by atoms with Gasteiger partial charge in [-0.2, -0.15) is 0 Å². The maximum absolute atomic E-state index is 12.2. The number of rotatable bonds is 9. The van der Waals surface area contributed by atoms with Gasteiger partial charge in [0, 0.05) is 5.57 Å². The van der Waals surface area contributed by atoms with Crippen LogP contribution in [0.25, 0.3) is 0 Å². The third-order valence-electron chi connectivity index (χ3n) is 4.39. The number of esters is 3. The summed E-state index contributed by atoms with van der Waals surface area (Å²) >= 11 is 0. The van der Waals surface area contributed by atoms with Gasteiger partial charge in [-0.1, -0.05) is 54.6 Å². The van der Waals surface area contributed by atoms with Crippen LogP contribution >= 0.6 is 0 Å². The van der Waals surface area contributed by atoms with E-state index in [1.807, 2.05) is 0 Å². The summed E-state index contributed by atoms with van der Waals surface area (Å²) in [7, 11) is 0. The molecule has 0 atom stereocenters. The molecular weight excluding hydrogens is 408 g/mol. The Kier molecular flexibility index (Phi) is 8.34. The lowest BCUT2D eigenvalue weighted by Crippen LogP contribution is -2.15. The van der Waals surface area contributed by atoms with Gasteiger partial charge in [-0.3, -0.25) is 0 Å². The van der Waals surface area contributed by atoms with Crippen LogP contribution in [0.15, 0.2) is 103 Å². The molecular formula is C26H22O6. The number of hydrogen-bond donors (Lipinski definition) is 0. The number of hydrogen-bond acceptors (Lipinski definition) is 6. The zero-order chi connectivity index (χ0) is 22.6. The zero-order valence-electron chi connectivity index (χ0n) is 17.3. The summed E-state index contributed by atoms with van der Waals surface area (Å²) in [5, 5.41) is 0. The van der Waals surface area contributed by atoms with Crippen LogP contribution in [0.1, 0.15) is 31.1 Å². The first-order chi connectivity index (χ1) is 15.6. The lowest BCUT2D eigenvalue weighted by atomic mass is 10.2. The molecule has 3 rings (SSSR count). The number of benzene rings is 3. The van der Waals surface area contributed by atoms with E-state index in [1.165, 1.54) is 0 Å². The molecule has 3 aromatic carbocycles. The van der Waals surface area contributed by atoms with E-state index in [9.17, 15) is 14.4 Å². The average molecular weight is 430 g/mol. The molecule has 0 fully saturated rings. The van der Waals surface area contributed by atoms with E-state index >= 15 is 0 Å². The molecule has 0 radical (unpaired) electrons. The molecule has 0 aromatic heterocycles. The van der Waals surface area contributed by atoms with Gasteiger partial charge in [-0.25, -0.2) is 14.4 Å². The second-order valence-electron chi connectivity index (χ2n) is 6.71. The summed E-state index contributed by atoms with van der Waals surface area (Å²) in [6.45, 7) is -0.286. The van der Waals surface area contributed by atoms with E-state index in [2.05, 4.69) is 0 Å². The van der Waals surface area contributed by atoms with E-state index < -0.39 is 17.9 Å². The molecule has 32 heavy (non-hydrogen) atoms. The Hall–Kier alpha value is -4.19. The van der Waals surface area contributed by atoms with E-state index in [0.717, 1.165) is 0 Å². The average Bonchev–Trinajstić information content (AvgIpc) is 2.86. The first-order valence-corrected chi connectivity index (χ1v) is 9.98. The van der Waals surface area contributed by atoms with Gasteiger partial charge in [0.2, 0.25) is 0 Å². The van der Waals surface area contributed by atoms with Gasteiger partial charge in [0.15, 0.2) is 0 Å². The summed E-state index contributed by atoms with van der Waals surface area (Å²) in [5.41, 5.74) is 1.72. The number of ether oxygens (including phenoxy) is 3. The van der Waals surface area contributed by atoms with Gasteiger partial charge < -0.3 is 14.2 Å². The van der Waals surface area contributed by atoms with Crippen molar-refractivity contribution in [2.75, 3.05) is 19.8 Å². The standard InChI is InChI=1S/C26H22O6/c27-24(21-10-4-1-5-11-21)30-17-16-20(18-31-25(28)22-12-6-2-7-13-22)19-32-26(29)23-14-8-3-9-15-23/h1-16H,17-19H2. The minimum Gasteiger partial charge on any atom is -0.458 e. The van der Waals surface area contributed by atoms with Crippen LogP contribution in [0.3, 0.4) is 0 Å². The minimum atomic E-state index is -0.507. The van der Waals surface area contributed by atoms with Gasteiger partial charge in [-0.05, 0) is 42.5 Å². The monoisotopic (exact) mass is 430 g/mol. The summed E-state index contributed by atoms with van der Waals surface area (Å²) in [5.74, 6) is -1.50. The topological polar surface area (TPSA) is 78.9 Å². The highest BCUT2D eigenvalue weighted by atomic mass is 16.5. The van der Waals surface area contributed by atoms with Gasteiger partial charge in [0.25, 0.3) is 0 Å². The van der Waals surface area contributed by atoms with Gasteiger partial charge in [0.1, 0.15) is 19.8 Å². The van der Waals surface area contributed by atoms with Crippen molar-refractivity contribution in [1.29, 1.82) is 0 Å². The smallest absolute Gasteiger partial charge is 0.338 e. The second kappa shape index (κ2) is 11.9. The predicted octanol–water partition coefficient (Wildman–Crippen LogP) is 4.48. The number of carbonyl (C=O) groups excluding carboxylic acids is 3. The Labute approximate surface area is 186 Å². The van der Waals surface area contributed by atoms with Crippen molar-refractivity contribution >= 4 is 17.9 Å². The van der Waals surface area contributed by atoms with Crippen molar-refractivity contribution in [3.05, 3.63) is 119 Å². The molecule has 0 amide bonds. The van der Waals surface area contributed by atoms with E-state index in [-0.39, 0.29) is 19.8 Å². The quantitative estimate of drug-likeness (QED) is 0.283. The van der Waals surface area contributed by atoms with Crippen LogP contribution in [-0.2, 0) is 14.2 Å². The van der Waals surface area contributed by atoms with Gasteiger partial charge in [0.05, 0.1) is 16.7 Å². The highest BCUT2D eigenvalue weighted by molar-refractivity contribution is 5.90. The molecule has 0 aliphatic carbocycles. The molecule has 6 nitrogen and oxygen atoms in total. The Morgan fingerprint density at radius 3 is 1.25 bits per heavy atom. The van der Waals surface area contributed by atoms with Crippen molar-refractivity contribution < 1.29 is 28.6 Å². The molecule has 0 heterocycles. The highest BCUT2D eigenvalue weighted by Crippen LogP contribution is 2.08. The normalized spacial score (nSPS) is 10.0. The maximum Gasteiger partial charge on any atom is 0.338 e. The molecule has 0 unspecified atom stereocenters. The fraction of sp³-hybridized carbons (Fsp3) is 0.115. The predicted molar refractivity (Wildman–Crippen MR) is 118 cm³/mol. The third kappa shape index (κ3) is 6.95. The molecule has 0 saturated heterocycles. The largest absolute Gasteiger partial charge is 0.458 e. The molecule has 162 valence electrons. The van der Waals surface area contributed by atoms with Crippen LogP contribution in [0.4, 0.5) is 0 Å². The maximum atomic E-state index is 12.2. The molecule has 0 N–H and O–H groups in total. The molecule has 3 aromatic rings. The fourth-order valence-electron chi connectivity index (χ4n) is 2.68. The van der Waals surface area contributed by atoms with Crippen molar-refractivity contribution in [3.8, 4) is 0 Å². The van der Waals surface area contributed by atoms with Gasteiger partial charge >= 0.3 is 17.9 Å². The molecule has 0 bridgehead atoms. The van der Waals surface area contributed by atoms with E-state index in [0.29, 0.717) is 22.3 Å². The lowest BCUT2D eigenvalue weighted by molar-refractivity contribution is 0.0463. The van der Waals surface area contributed by atoms with Crippen LogP contribution in [0.2, 0.25) is 0 Å². The molecule has 0 aliphatic heterocycles. The SMILES string of the molecule is O=C(OCC=C(COC(=O)c1ccccc1)COC(=O)c1ccccc1)c1ccccc1. The van der Waals surface area contributed by atoms with Crippen LogP contribution < -0.4 is 0 Å². The Morgan fingerprint density at radius 1 is 0.531 bits per heavy atom. The Bertz CT molecular complexity index is 1000. The Balaban J connectivity index is 1.61. The first-order valence-electron chi connectivity index (χ1n) is 9.98. The lowest BCUT2D eigenvalue weighted by Gasteiger charge is -2.11. The summed E-state index contributed by atoms with van der Waals surface area (Å²) in [6, 6.07) is 25.7. The van der Waals surface area contributed by atoms with Crippen molar-refractivity contribution in [2.45, 2.75) is 0 Å². The third-order valence-corrected chi connectivity index (χ3v) is 4.39. The Morgan fingerprint density at radius 2 is 0.875 bits per heavy atom. The van der Waals surface area contributed by atoms with Crippen molar-refractivity contribution in [2.24, 2.45) is 0 Å². The minimum absolute atomic E-state index is 0.0607. The summed E-state index contributed by atoms with van der Waals surface area (Å²) < 4.78 is 15.9.